The largest absolute Gasteiger partial charge is 0.395 e. The third-order valence-corrected chi connectivity index (χ3v) is 3.91. The molecule has 28 heavy (non-hydrogen) atoms. The molecule has 0 aliphatic carbocycles. The minimum Gasteiger partial charge on any atom is -0.395 e. The highest BCUT2D eigenvalue weighted by molar-refractivity contribution is 5.81. The average molecular weight is 402 g/mol. The zero-order valence-corrected chi connectivity index (χ0v) is 16.0. The maximum atomic E-state index is 9.71. The topological polar surface area (TPSA) is 206 Å². The Bertz CT molecular complexity index is 689. The number of aliphatic hydroxyl groups excluding tert-OH is 5. The molecule has 0 radical (unpaired) electrons. The van der Waals surface area contributed by atoms with Crippen LogP contribution in [0.3, 0.4) is 0 Å². The molecule has 0 saturated carbocycles. The van der Waals surface area contributed by atoms with Crippen LogP contribution in [0, 0.1) is 0 Å². The minimum atomic E-state index is -0.698. The lowest BCUT2D eigenvalue weighted by atomic mass is 10.2. The van der Waals surface area contributed by atoms with Crippen LogP contribution in [0.15, 0.2) is 12.7 Å². The van der Waals surface area contributed by atoms with Gasteiger partial charge in [0.05, 0.1) is 37.9 Å². The molecule has 1 saturated heterocycles. The van der Waals surface area contributed by atoms with Crippen LogP contribution in [0.25, 0.3) is 11.2 Å². The Labute approximate surface area is 162 Å². The number of rotatable bonds is 4. The first-order valence-corrected chi connectivity index (χ1v) is 8.81. The number of ether oxygens (including phenoxy) is 1. The van der Waals surface area contributed by atoms with Gasteiger partial charge in [0.25, 0.3) is 0 Å². The average Bonchev–Trinajstić information content (AvgIpc) is 3.26. The van der Waals surface area contributed by atoms with Crippen LogP contribution in [-0.2, 0) is 4.74 Å². The fraction of sp³-hybridized carbons (Fsp3) is 0.688. The molecule has 2 aromatic rings. The molecule has 1 fully saturated rings. The van der Waals surface area contributed by atoms with Crippen molar-refractivity contribution in [3.05, 3.63) is 12.7 Å². The molecule has 1 aliphatic heterocycles. The van der Waals surface area contributed by atoms with Gasteiger partial charge in [-0.25, -0.2) is 15.0 Å². The molecular formula is C16H30N6O6. The summed E-state index contributed by atoms with van der Waals surface area (Å²) in [5.74, 6) is 0.302. The Morgan fingerprint density at radius 3 is 2.29 bits per heavy atom. The van der Waals surface area contributed by atoms with Gasteiger partial charge in [0.15, 0.2) is 11.5 Å². The summed E-state index contributed by atoms with van der Waals surface area (Å²) >= 11 is 0. The second-order valence-electron chi connectivity index (χ2n) is 6.19. The van der Waals surface area contributed by atoms with Crippen LogP contribution in [0.4, 0.5) is 5.82 Å². The highest BCUT2D eigenvalue weighted by Crippen LogP contribution is 2.30. The van der Waals surface area contributed by atoms with Gasteiger partial charge < -0.3 is 41.7 Å². The Morgan fingerprint density at radius 1 is 1.21 bits per heavy atom. The van der Waals surface area contributed by atoms with E-state index in [1.165, 1.54) is 6.33 Å². The van der Waals surface area contributed by atoms with E-state index >= 15 is 0 Å². The number of nitrogens with two attached hydrogens (primary N) is 2. The van der Waals surface area contributed by atoms with Gasteiger partial charge in [0, 0.05) is 13.0 Å². The molecule has 2 unspecified atom stereocenters. The van der Waals surface area contributed by atoms with Gasteiger partial charge >= 0.3 is 0 Å². The normalized spacial score (nSPS) is 23.4. The lowest BCUT2D eigenvalue weighted by Gasteiger charge is -2.13. The van der Waals surface area contributed by atoms with E-state index in [0.717, 1.165) is 0 Å². The van der Waals surface area contributed by atoms with Crippen LogP contribution in [0.2, 0.25) is 0 Å². The van der Waals surface area contributed by atoms with Crippen LogP contribution in [-0.4, -0.2) is 89.2 Å². The molecule has 12 heteroatoms. The zero-order chi connectivity index (χ0) is 21.3. The molecule has 0 spiro atoms. The first-order valence-electron chi connectivity index (χ1n) is 8.81. The summed E-state index contributed by atoms with van der Waals surface area (Å²) in [7, 11) is 0. The first-order chi connectivity index (χ1) is 13.3. The van der Waals surface area contributed by atoms with E-state index < -0.39 is 30.6 Å². The van der Waals surface area contributed by atoms with Gasteiger partial charge in [-0.05, 0) is 13.8 Å². The van der Waals surface area contributed by atoms with Crippen LogP contribution in [0.1, 0.15) is 26.5 Å². The number of hydrogen-bond donors (Lipinski definition) is 7. The van der Waals surface area contributed by atoms with Gasteiger partial charge in [-0.2, -0.15) is 0 Å². The van der Waals surface area contributed by atoms with Crippen molar-refractivity contribution >= 4 is 17.0 Å². The molecule has 9 N–H and O–H groups in total. The summed E-state index contributed by atoms with van der Waals surface area (Å²) in [5, 5.41) is 43.3. The fourth-order valence-electron chi connectivity index (χ4n) is 2.13. The predicted octanol–water partition coefficient (Wildman–Crippen LogP) is -2.27. The molecule has 0 aromatic carbocycles. The molecular weight excluding hydrogens is 372 g/mol. The lowest BCUT2D eigenvalue weighted by molar-refractivity contribution is -0.0432. The van der Waals surface area contributed by atoms with Crippen molar-refractivity contribution in [1.29, 1.82) is 0 Å². The highest BCUT2D eigenvalue weighted by atomic mass is 16.5. The van der Waals surface area contributed by atoms with Gasteiger partial charge in [0.2, 0.25) is 0 Å². The number of aromatic nitrogens is 4. The smallest absolute Gasteiger partial charge is 0.167 e. The van der Waals surface area contributed by atoms with Crippen molar-refractivity contribution in [3.63, 3.8) is 0 Å². The predicted molar refractivity (Wildman–Crippen MR) is 101 cm³/mol. The number of imidazole rings is 1. The second-order valence-corrected chi connectivity index (χ2v) is 6.19. The van der Waals surface area contributed by atoms with Crippen molar-refractivity contribution in [1.82, 2.24) is 19.5 Å². The van der Waals surface area contributed by atoms with Crippen LogP contribution in [0.5, 0.6) is 0 Å². The van der Waals surface area contributed by atoms with E-state index in [0.29, 0.717) is 29.9 Å². The molecule has 2 aromatic heterocycles. The van der Waals surface area contributed by atoms with E-state index in [2.05, 4.69) is 15.0 Å². The number of nitrogens with zero attached hydrogens (tertiary/aromatic N) is 4. The Kier molecular flexibility index (Phi) is 10.2. The summed E-state index contributed by atoms with van der Waals surface area (Å²) in [6, 6.07) is 0. The number of aliphatic hydroxyl groups is 5. The van der Waals surface area contributed by atoms with E-state index in [1.807, 2.05) is 0 Å². The van der Waals surface area contributed by atoms with Gasteiger partial charge in [-0.3, -0.25) is 4.57 Å². The zero-order valence-electron chi connectivity index (χ0n) is 16.0. The monoisotopic (exact) mass is 402 g/mol. The summed E-state index contributed by atoms with van der Waals surface area (Å²) in [4.78, 5) is 12.1. The highest BCUT2D eigenvalue weighted by Gasteiger charge is 2.35. The van der Waals surface area contributed by atoms with Crippen molar-refractivity contribution < 1.29 is 30.3 Å². The SMILES string of the molecule is CC(O)C(C)O.NCCO.Nc1ncnc2c1ncn2[C@H]1C[C@H](O)[C@@H](CO)O1. The minimum absolute atomic E-state index is 0.0972. The van der Waals surface area contributed by atoms with E-state index in [-0.39, 0.29) is 13.2 Å². The first kappa shape index (κ1) is 24.1. The summed E-state index contributed by atoms with van der Waals surface area (Å²) < 4.78 is 7.22. The molecule has 12 nitrogen and oxygen atoms in total. The Morgan fingerprint density at radius 2 is 1.82 bits per heavy atom. The second kappa shape index (κ2) is 11.8. The quantitative estimate of drug-likeness (QED) is 0.290. The van der Waals surface area contributed by atoms with Crippen LogP contribution >= 0.6 is 0 Å². The molecule has 3 rings (SSSR count). The Balaban J connectivity index is 0.000000329. The fourth-order valence-corrected chi connectivity index (χ4v) is 2.13. The summed E-state index contributed by atoms with van der Waals surface area (Å²) in [6.07, 6.45) is 0.410. The summed E-state index contributed by atoms with van der Waals surface area (Å²) in [5.41, 5.74) is 11.5. The Hall–Kier alpha value is -1.93. The molecule has 5 atom stereocenters. The molecule has 1 aliphatic rings. The maximum Gasteiger partial charge on any atom is 0.167 e. The van der Waals surface area contributed by atoms with E-state index in [1.54, 1.807) is 24.7 Å². The molecule has 0 amide bonds. The summed E-state index contributed by atoms with van der Waals surface area (Å²) in [6.45, 7) is 3.34. The van der Waals surface area contributed by atoms with Gasteiger partial charge in [-0.1, -0.05) is 0 Å². The third kappa shape index (κ3) is 6.60. The number of anilines is 1. The molecule has 3 heterocycles. The van der Waals surface area contributed by atoms with E-state index in [4.69, 9.17) is 36.6 Å². The van der Waals surface area contributed by atoms with Crippen molar-refractivity contribution in [2.45, 2.75) is 50.9 Å². The van der Waals surface area contributed by atoms with Crippen molar-refractivity contribution in [2.75, 3.05) is 25.5 Å². The standard InChI is InChI=1S/C10H13N5O3.C4H10O2.C2H7NO/c11-9-8-10(13-3-12-9)15(4-14-8)7-1-5(17)6(2-16)18-7;1-3(5)4(2)6;3-1-2-4/h3-7,16-17H,1-2H2,(H2,11,12,13);3-6H,1-2H3;4H,1-3H2/t5-,6+,7+;;/m0../s1. The number of fused-ring (bicyclic) bond motifs is 1. The third-order valence-electron chi connectivity index (χ3n) is 3.91. The maximum absolute atomic E-state index is 9.71. The van der Waals surface area contributed by atoms with Crippen LogP contribution < -0.4 is 11.5 Å². The molecule has 160 valence electrons. The van der Waals surface area contributed by atoms with Crippen molar-refractivity contribution in [2.24, 2.45) is 5.73 Å². The van der Waals surface area contributed by atoms with E-state index in [9.17, 15) is 5.11 Å². The van der Waals surface area contributed by atoms with Crippen molar-refractivity contribution in [3.8, 4) is 0 Å². The van der Waals surface area contributed by atoms with Gasteiger partial charge in [0.1, 0.15) is 24.2 Å². The molecule has 0 bridgehead atoms. The van der Waals surface area contributed by atoms with Gasteiger partial charge in [-0.15, -0.1) is 0 Å². The lowest BCUT2D eigenvalue weighted by Crippen LogP contribution is -2.24. The number of hydrogen-bond acceptors (Lipinski definition) is 11. The number of nitrogen functional groups attached to an aromatic ring is 1.